The first-order valence-corrected chi connectivity index (χ1v) is 10.3. The molecule has 2 aliphatic rings. The van der Waals surface area contributed by atoms with Gasteiger partial charge in [-0.15, -0.1) is 0 Å². The molecule has 29 heavy (non-hydrogen) atoms. The van der Waals surface area contributed by atoms with Gasteiger partial charge in [0.25, 0.3) is 0 Å². The lowest BCUT2D eigenvalue weighted by Crippen LogP contribution is -2.38. The molecule has 1 atom stereocenters. The molecule has 2 fully saturated rings. The number of hydrogen-bond donors (Lipinski definition) is 1. The monoisotopic (exact) mass is 403 g/mol. The van der Waals surface area contributed by atoms with E-state index in [0.29, 0.717) is 36.5 Å². The largest absolute Gasteiger partial charge is 0.493 e. The highest BCUT2D eigenvalue weighted by atomic mass is 19.1. The number of nitrogens with one attached hydrogen (secondary N) is 1. The van der Waals surface area contributed by atoms with Crippen molar-refractivity contribution in [1.82, 2.24) is 14.9 Å². The van der Waals surface area contributed by atoms with Gasteiger partial charge in [-0.1, -0.05) is 0 Å². The summed E-state index contributed by atoms with van der Waals surface area (Å²) in [4.78, 5) is 13.9. The molecule has 8 heteroatoms. The van der Waals surface area contributed by atoms with Gasteiger partial charge >= 0.3 is 0 Å². The molecule has 2 saturated heterocycles. The lowest BCUT2D eigenvalue weighted by molar-refractivity contribution is 0.263. The molecule has 0 saturated carbocycles. The Bertz CT molecular complexity index is 857. The summed E-state index contributed by atoms with van der Waals surface area (Å²) in [5, 5.41) is 4.52. The first kappa shape index (κ1) is 19.9. The Labute approximate surface area is 171 Å². The van der Waals surface area contributed by atoms with Crippen LogP contribution in [0.25, 0.3) is 10.9 Å². The van der Waals surface area contributed by atoms with Gasteiger partial charge in [0.05, 0.1) is 26.3 Å². The first-order chi connectivity index (χ1) is 14.1. The van der Waals surface area contributed by atoms with Crippen LogP contribution in [0, 0.1) is 0 Å². The normalized spacial score (nSPS) is 21.4. The quantitative estimate of drug-likeness (QED) is 0.823. The number of methoxy groups -OCH3 is 2. The standard InChI is InChI=1S/C21H30FN5O2/c1-26-9-6-15(7-10-26)23-20-16-11-18(28-2)19(29-3)12-17(16)24-21(25-20)27-8-4-5-14(22)13-27/h11-12,14-15H,4-10,13H2,1-3H3,(H,23,24,25). The highest BCUT2D eigenvalue weighted by molar-refractivity contribution is 5.93. The lowest BCUT2D eigenvalue weighted by Gasteiger charge is -2.31. The smallest absolute Gasteiger partial charge is 0.227 e. The van der Waals surface area contributed by atoms with Crippen molar-refractivity contribution in [3.63, 3.8) is 0 Å². The number of ether oxygens (including phenoxy) is 2. The molecular formula is C21H30FN5O2. The number of benzene rings is 1. The van der Waals surface area contributed by atoms with Crippen molar-refractivity contribution in [2.75, 3.05) is 57.7 Å². The van der Waals surface area contributed by atoms with Crippen molar-refractivity contribution < 1.29 is 13.9 Å². The van der Waals surface area contributed by atoms with Crippen molar-refractivity contribution in [3.05, 3.63) is 12.1 Å². The van der Waals surface area contributed by atoms with E-state index in [1.807, 2.05) is 17.0 Å². The summed E-state index contributed by atoms with van der Waals surface area (Å²) in [5.74, 6) is 2.62. The third kappa shape index (κ3) is 4.32. The van der Waals surface area contributed by atoms with E-state index in [4.69, 9.17) is 19.4 Å². The van der Waals surface area contributed by atoms with Gasteiger partial charge in [-0.3, -0.25) is 0 Å². The second-order valence-corrected chi connectivity index (χ2v) is 8.00. The molecule has 3 heterocycles. The fourth-order valence-electron chi connectivity index (χ4n) is 4.15. The van der Waals surface area contributed by atoms with Crippen LogP contribution >= 0.6 is 0 Å². The molecule has 0 amide bonds. The molecule has 4 rings (SSSR count). The van der Waals surface area contributed by atoms with Crippen molar-refractivity contribution in [2.45, 2.75) is 37.9 Å². The van der Waals surface area contributed by atoms with E-state index < -0.39 is 6.17 Å². The second kappa shape index (κ2) is 8.57. The summed E-state index contributed by atoms with van der Waals surface area (Å²) in [6.45, 7) is 3.22. The molecule has 0 radical (unpaired) electrons. The molecule has 158 valence electrons. The number of rotatable bonds is 5. The van der Waals surface area contributed by atoms with Crippen molar-refractivity contribution in [2.24, 2.45) is 0 Å². The van der Waals surface area contributed by atoms with Crippen LogP contribution in [0.3, 0.4) is 0 Å². The molecule has 1 aromatic heterocycles. The Morgan fingerprint density at radius 3 is 2.45 bits per heavy atom. The van der Waals surface area contributed by atoms with Crippen molar-refractivity contribution >= 4 is 22.7 Å². The summed E-state index contributed by atoms with van der Waals surface area (Å²) in [6.07, 6.45) is 2.70. The minimum atomic E-state index is -0.834. The van der Waals surface area contributed by atoms with Crippen LogP contribution in [0.1, 0.15) is 25.7 Å². The lowest BCUT2D eigenvalue weighted by atomic mass is 10.1. The topological polar surface area (TPSA) is 62.8 Å². The van der Waals surface area contributed by atoms with Gasteiger partial charge in [0.1, 0.15) is 12.0 Å². The third-order valence-electron chi connectivity index (χ3n) is 5.90. The van der Waals surface area contributed by atoms with E-state index >= 15 is 0 Å². The molecule has 2 aliphatic heterocycles. The average molecular weight is 404 g/mol. The zero-order chi connectivity index (χ0) is 20.4. The number of fused-ring (bicyclic) bond motifs is 1. The predicted molar refractivity (Wildman–Crippen MR) is 113 cm³/mol. The number of likely N-dealkylation sites (tertiary alicyclic amines) is 1. The SMILES string of the molecule is COc1cc2nc(N3CCCC(F)C3)nc(NC3CCN(C)CC3)c2cc1OC. The zero-order valence-corrected chi connectivity index (χ0v) is 17.4. The van der Waals surface area contributed by atoms with Crippen LogP contribution in [0.2, 0.25) is 0 Å². The number of alkyl halides is 1. The van der Waals surface area contributed by atoms with E-state index in [0.717, 1.165) is 55.6 Å². The highest BCUT2D eigenvalue weighted by Gasteiger charge is 2.24. The molecule has 0 bridgehead atoms. The minimum Gasteiger partial charge on any atom is -0.493 e. The van der Waals surface area contributed by atoms with E-state index in [1.54, 1.807) is 14.2 Å². The van der Waals surface area contributed by atoms with Gasteiger partial charge < -0.3 is 24.6 Å². The molecule has 7 nitrogen and oxygen atoms in total. The van der Waals surface area contributed by atoms with Gasteiger partial charge in [0, 0.05) is 24.0 Å². The van der Waals surface area contributed by atoms with Gasteiger partial charge in [-0.2, -0.15) is 4.98 Å². The maximum atomic E-state index is 14.0. The van der Waals surface area contributed by atoms with Crippen LogP contribution in [0.4, 0.5) is 16.2 Å². The van der Waals surface area contributed by atoms with E-state index in [1.165, 1.54) is 0 Å². The Balaban J connectivity index is 1.74. The first-order valence-electron chi connectivity index (χ1n) is 10.3. The number of hydrogen-bond acceptors (Lipinski definition) is 7. The summed E-state index contributed by atoms with van der Waals surface area (Å²) < 4.78 is 25.0. The van der Waals surface area contributed by atoms with Gasteiger partial charge in [0.2, 0.25) is 5.95 Å². The molecular weight excluding hydrogens is 373 g/mol. The molecule has 0 aliphatic carbocycles. The predicted octanol–water partition coefficient (Wildman–Crippen LogP) is 3.09. The molecule has 1 unspecified atom stereocenters. The average Bonchev–Trinajstić information content (AvgIpc) is 2.74. The fraction of sp³-hybridized carbons (Fsp3) is 0.619. The molecule has 1 N–H and O–H groups in total. The van der Waals surface area contributed by atoms with Crippen LogP contribution < -0.4 is 19.7 Å². The summed E-state index contributed by atoms with van der Waals surface area (Å²) in [5.41, 5.74) is 0.768. The Morgan fingerprint density at radius 1 is 1.03 bits per heavy atom. The number of nitrogens with zero attached hydrogens (tertiary/aromatic N) is 4. The van der Waals surface area contributed by atoms with Crippen molar-refractivity contribution in [3.8, 4) is 11.5 Å². The van der Waals surface area contributed by atoms with Gasteiger partial charge in [0.15, 0.2) is 11.5 Å². The van der Waals surface area contributed by atoms with E-state index in [-0.39, 0.29) is 0 Å². The Hall–Kier alpha value is -2.35. The Kier molecular flexibility index (Phi) is 5.89. The zero-order valence-electron chi connectivity index (χ0n) is 17.4. The summed E-state index contributed by atoms with van der Waals surface area (Å²) >= 11 is 0. The van der Waals surface area contributed by atoms with Crippen LogP contribution in [0.15, 0.2) is 12.1 Å². The fourth-order valence-corrected chi connectivity index (χ4v) is 4.15. The van der Waals surface area contributed by atoms with E-state index in [9.17, 15) is 4.39 Å². The Morgan fingerprint density at radius 2 is 1.76 bits per heavy atom. The highest BCUT2D eigenvalue weighted by Crippen LogP contribution is 2.36. The maximum Gasteiger partial charge on any atom is 0.227 e. The number of anilines is 2. The van der Waals surface area contributed by atoms with Gasteiger partial charge in [-0.05, 0) is 51.9 Å². The van der Waals surface area contributed by atoms with E-state index in [2.05, 4.69) is 17.3 Å². The molecule has 1 aromatic carbocycles. The van der Waals surface area contributed by atoms with Crippen LogP contribution in [0.5, 0.6) is 11.5 Å². The summed E-state index contributed by atoms with van der Waals surface area (Å²) in [7, 11) is 5.38. The van der Waals surface area contributed by atoms with Gasteiger partial charge in [-0.25, -0.2) is 9.37 Å². The number of piperidine rings is 2. The van der Waals surface area contributed by atoms with Crippen molar-refractivity contribution in [1.29, 1.82) is 0 Å². The number of halogens is 1. The molecule has 0 spiro atoms. The maximum absolute atomic E-state index is 14.0. The van der Waals surface area contributed by atoms with Crippen LogP contribution in [-0.2, 0) is 0 Å². The minimum absolute atomic E-state index is 0.340. The van der Waals surface area contributed by atoms with Crippen LogP contribution in [-0.4, -0.2) is 74.5 Å². The second-order valence-electron chi connectivity index (χ2n) is 8.00. The number of aromatic nitrogens is 2. The summed E-state index contributed by atoms with van der Waals surface area (Å²) in [6, 6.07) is 4.14. The third-order valence-corrected chi connectivity index (χ3v) is 5.90. The molecule has 2 aromatic rings.